The van der Waals surface area contributed by atoms with E-state index in [2.05, 4.69) is 55.5 Å². The highest BCUT2D eigenvalue weighted by molar-refractivity contribution is 5.85. The number of hydrogen-bond donors (Lipinski definition) is 4. The Labute approximate surface area is 160 Å². The van der Waals surface area contributed by atoms with Gasteiger partial charge in [-0.1, -0.05) is 29.8 Å². The van der Waals surface area contributed by atoms with Crippen molar-refractivity contribution in [2.24, 2.45) is 0 Å². The molecular formula is C20H31N3O4. The number of aliphatic hydroxyl groups is 1. The second kappa shape index (κ2) is 9.19. The predicted molar refractivity (Wildman–Crippen MR) is 104 cm³/mol. The number of likely N-dealkylation sites (N-methyl/N-ethyl adjacent to an activating group) is 1. The van der Waals surface area contributed by atoms with Crippen LogP contribution in [-0.4, -0.2) is 65.4 Å². The van der Waals surface area contributed by atoms with Crippen LogP contribution >= 0.6 is 0 Å². The van der Waals surface area contributed by atoms with Gasteiger partial charge >= 0.3 is 6.09 Å². The SMILES string of the molecule is Cc1ccc(CC2(N(C)C)CCC(NC(=O)C(CO)NC(=O)O)CC2)cc1. The summed E-state index contributed by atoms with van der Waals surface area (Å²) in [6, 6.07) is 7.49. The normalized spacial score (nSPS) is 23.7. The van der Waals surface area contributed by atoms with Crippen LogP contribution in [0.25, 0.3) is 0 Å². The van der Waals surface area contributed by atoms with Crippen molar-refractivity contribution in [2.45, 2.75) is 56.7 Å². The summed E-state index contributed by atoms with van der Waals surface area (Å²) in [4.78, 5) is 25.2. The van der Waals surface area contributed by atoms with Gasteiger partial charge in [0.05, 0.1) is 6.61 Å². The van der Waals surface area contributed by atoms with Crippen LogP contribution in [0.4, 0.5) is 4.79 Å². The first-order chi connectivity index (χ1) is 12.8. The van der Waals surface area contributed by atoms with E-state index in [9.17, 15) is 14.7 Å². The van der Waals surface area contributed by atoms with Gasteiger partial charge in [-0.2, -0.15) is 0 Å². The van der Waals surface area contributed by atoms with E-state index < -0.39 is 24.6 Å². The number of aliphatic hydroxyl groups excluding tert-OH is 1. The maximum absolute atomic E-state index is 12.2. The Balaban J connectivity index is 1.96. The molecule has 1 saturated carbocycles. The van der Waals surface area contributed by atoms with Crippen LogP contribution in [0.1, 0.15) is 36.8 Å². The molecule has 0 bridgehead atoms. The van der Waals surface area contributed by atoms with E-state index in [-0.39, 0.29) is 11.6 Å². The molecule has 1 aromatic carbocycles. The number of benzene rings is 1. The molecule has 1 atom stereocenters. The second-order valence-corrected chi connectivity index (χ2v) is 7.75. The molecule has 2 amide bonds. The number of carboxylic acid groups (broad SMARTS) is 1. The standard InChI is InChI=1S/C20H31N3O4/c1-14-4-6-15(7-5-14)12-20(23(2)3)10-8-16(9-11-20)21-18(25)17(13-24)22-19(26)27/h4-7,16-17,22,24H,8-13H2,1-3H3,(H,21,25)(H,26,27). The van der Waals surface area contributed by atoms with Crippen molar-refractivity contribution in [2.75, 3.05) is 20.7 Å². The molecule has 0 heterocycles. The second-order valence-electron chi connectivity index (χ2n) is 7.75. The van der Waals surface area contributed by atoms with Crippen LogP contribution in [0.3, 0.4) is 0 Å². The van der Waals surface area contributed by atoms with Gasteiger partial charge in [-0.05, 0) is 58.7 Å². The first-order valence-electron chi connectivity index (χ1n) is 9.39. The highest BCUT2D eigenvalue weighted by Crippen LogP contribution is 2.35. The lowest BCUT2D eigenvalue weighted by Crippen LogP contribution is -2.55. The van der Waals surface area contributed by atoms with E-state index in [0.717, 1.165) is 32.1 Å². The van der Waals surface area contributed by atoms with E-state index in [1.807, 2.05) is 5.32 Å². The van der Waals surface area contributed by atoms with Gasteiger partial charge in [-0.3, -0.25) is 4.79 Å². The van der Waals surface area contributed by atoms with E-state index in [1.54, 1.807) is 0 Å². The van der Waals surface area contributed by atoms with E-state index in [4.69, 9.17) is 5.11 Å². The minimum atomic E-state index is -1.32. The molecule has 0 spiro atoms. The molecule has 0 radical (unpaired) electrons. The molecule has 150 valence electrons. The first-order valence-corrected chi connectivity index (χ1v) is 9.39. The molecule has 7 nitrogen and oxygen atoms in total. The molecule has 1 aromatic rings. The summed E-state index contributed by atoms with van der Waals surface area (Å²) in [5, 5.41) is 22.9. The Bertz CT molecular complexity index is 637. The largest absolute Gasteiger partial charge is 0.465 e. The number of amides is 2. The van der Waals surface area contributed by atoms with Crippen LogP contribution in [0.2, 0.25) is 0 Å². The summed E-state index contributed by atoms with van der Waals surface area (Å²) in [6.07, 6.45) is 3.16. The molecule has 27 heavy (non-hydrogen) atoms. The minimum absolute atomic E-state index is 0.00626. The van der Waals surface area contributed by atoms with Crippen LogP contribution in [0.15, 0.2) is 24.3 Å². The highest BCUT2D eigenvalue weighted by Gasteiger charge is 2.38. The topological polar surface area (TPSA) is 102 Å². The minimum Gasteiger partial charge on any atom is -0.465 e. The summed E-state index contributed by atoms with van der Waals surface area (Å²) in [6.45, 7) is 1.53. The quantitative estimate of drug-likeness (QED) is 0.577. The van der Waals surface area contributed by atoms with Gasteiger partial charge in [-0.15, -0.1) is 0 Å². The Hall–Kier alpha value is -2.12. The number of carbonyl (C=O) groups is 2. The Kier molecular flexibility index (Phi) is 7.21. The fourth-order valence-corrected chi connectivity index (χ4v) is 3.81. The predicted octanol–water partition coefficient (Wildman–Crippen LogP) is 1.53. The van der Waals surface area contributed by atoms with Crippen molar-refractivity contribution in [3.8, 4) is 0 Å². The van der Waals surface area contributed by atoms with Crippen molar-refractivity contribution in [3.05, 3.63) is 35.4 Å². The number of hydrogen-bond acceptors (Lipinski definition) is 4. The van der Waals surface area contributed by atoms with Crippen LogP contribution in [0, 0.1) is 6.92 Å². The third-order valence-corrected chi connectivity index (χ3v) is 5.66. The van der Waals surface area contributed by atoms with Crippen molar-refractivity contribution < 1.29 is 19.8 Å². The summed E-state index contributed by atoms with van der Waals surface area (Å²) >= 11 is 0. The molecule has 1 aliphatic carbocycles. The van der Waals surface area contributed by atoms with E-state index in [0.29, 0.717) is 0 Å². The molecule has 0 saturated heterocycles. The average Bonchev–Trinajstić information content (AvgIpc) is 2.63. The van der Waals surface area contributed by atoms with Gasteiger partial charge in [0.15, 0.2) is 0 Å². The fraction of sp³-hybridized carbons (Fsp3) is 0.600. The highest BCUT2D eigenvalue weighted by atomic mass is 16.4. The number of aryl methyl sites for hydroxylation is 1. The van der Waals surface area contributed by atoms with Gasteiger partial charge in [0, 0.05) is 11.6 Å². The van der Waals surface area contributed by atoms with Gasteiger partial charge in [0.25, 0.3) is 0 Å². The van der Waals surface area contributed by atoms with Crippen molar-refractivity contribution >= 4 is 12.0 Å². The zero-order valence-electron chi connectivity index (χ0n) is 16.4. The number of rotatable bonds is 7. The van der Waals surface area contributed by atoms with Gasteiger partial charge in [0.1, 0.15) is 6.04 Å². The number of nitrogens with zero attached hydrogens (tertiary/aromatic N) is 1. The van der Waals surface area contributed by atoms with E-state index in [1.165, 1.54) is 11.1 Å². The lowest BCUT2D eigenvalue weighted by molar-refractivity contribution is -0.125. The average molecular weight is 377 g/mol. The summed E-state index contributed by atoms with van der Waals surface area (Å²) in [5.41, 5.74) is 2.60. The molecule has 4 N–H and O–H groups in total. The molecular weight excluding hydrogens is 346 g/mol. The zero-order valence-corrected chi connectivity index (χ0v) is 16.4. The molecule has 1 fully saturated rings. The molecule has 1 unspecified atom stereocenters. The Morgan fingerprint density at radius 2 is 1.81 bits per heavy atom. The maximum Gasteiger partial charge on any atom is 0.405 e. The van der Waals surface area contributed by atoms with Gasteiger partial charge in [-0.25, -0.2) is 4.79 Å². The first kappa shape index (κ1) is 21.2. The molecule has 1 aliphatic rings. The van der Waals surface area contributed by atoms with Crippen molar-refractivity contribution in [1.82, 2.24) is 15.5 Å². The van der Waals surface area contributed by atoms with E-state index >= 15 is 0 Å². The van der Waals surface area contributed by atoms with Gasteiger partial charge in [0.2, 0.25) is 5.91 Å². The van der Waals surface area contributed by atoms with Crippen molar-refractivity contribution in [3.63, 3.8) is 0 Å². The zero-order chi connectivity index (χ0) is 20.0. The Morgan fingerprint density at radius 3 is 2.30 bits per heavy atom. The third-order valence-electron chi connectivity index (χ3n) is 5.66. The summed E-state index contributed by atoms with van der Waals surface area (Å²) < 4.78 is 0. The molecule has 7 heteroatoms. The van der Waals surface area contributed by atoms with Crippen LogP contribution < -0.4 is 10.6 Å². The third kappa shape index (κ3) is 5.68. The summed E-state index contributed by atoms with van der Waals surface area (Å²) in [5.74, 6) is -0.471. The van der Waals surface area contributed by atoms with Gasteiger partial charge < -0.3 is 25.7 Å². The maximum atomic E-state index is 12.2. The molecule has 2 rings (SSSR count). The van der Waals surface area contributed by atoms with Crippen LogP contribution in [0.5, 0.6) is 0 Å². The lowest BCUT2D eigenvalue weighted by atomic mass is 9.74. The smallest absolute Gasteiger partial charge is 0.405 e. The van der Waals surface area contributed by atoms with Crippen molar-refractivity contribution in [1.29, 1.82) is 0 Å². The molecule has 0 aromatic heterocycles. The number of nitrogens with one attached hydrogen (secondary N) is 2. The van der Waals surface area contributed by atoms with Crippen LogP contribution in [-0.2, 0) is 11.2 Å². The molecule has 0 aliphatic heterocycles. The number of carbonyl (C=O) groups excluding carboxylic acids is 1. The Morgan fingerprint density at radius 1 is 1.22 bits per heavy atom. The monoisotopic (exact) mass is 377 g/mol. The fourth-order valence-electron chi connectivity index (χ4n) is 3.81. The summed E-state index contributed by atoms with van der Waals surface area (Å²) in [7, 11) is 4.21. The lowest BCUT2D eigenvalue weighted by Gasteiger charge is -2.45.